The molecule has 2 aliphatic rings. The fourth-order valence-corrected chi connectivity index (χ4v) is 2.62. The highest BCUT2D eigenvalue weighted by Gasteiger charge is 2.52. The first-order valence-electron chi connectivity index (χ1n) is 7.06. The summed E-state index contributed by atoms with van der Waals surface area (Å²) in [5.74, 6) is 0.593. The molecular formula is C15H22BNO2. The van der Waals surface area contributed by atoms with Gasteiger partial charge in [-0.25, -0.2) is 0 Å². The SMILES string of the molecule is CC1(C)OB(c2cccc(N)c2C2CC2)OC1(C)C. The Morgan fingerprint density at radius 2 is 1.68 bits per heavy atom. The zero-order valence-corrected chi connectivity index (χ0v) is 12.2. The van der Waals surface area contributed by atoms with Gasteiger partial charge in [0, 0.05) is 5.69 Å². The molecule has 0 atom stereocenters. The van der Waals surface area contributed by atoms with Crippen LogP contribution < -0.4 is 11.2 Å². The first-order chi connectivity index (χ1) is 8.82. The molecule has 0 radical (unpaired) electrons. The highest BCUT2D eigenvalue weighted by molar-refractivity contribution is 6.62. The second kappa shape index (κ2) is 4.00. The zero-order chi connectivity index (χ0) is 13.8. The Balaban J connectivity index is 1.98. The number of benzene rings is 1. The van der Waals surface area contributed by atoms with Crippen LogP contribution in [0.4, 0.5) is 5.69 Å². The van der Waals surface area contributed by atoms with E-state index in [9.17, 15) is 0 Å². The molecule has 0 amide bonds. The smallest absolute Gasteiger partial charge is 0.399 e. The fraction of sp³-hybridized carbons (Fsp3) is 0.600. The van der Waals surface area contributed by atoms with E-state index in [0.717, 1.165) is 11.2 Å². The lowest BCUT2D eigenvalue weighted by atomic mass is 9.74. The standard InChI is InChI=1S/C15H22BNO2/c1-14(2)15(3,4)19-16(18-14)11-6-5-7-12(17)13(11)10-8-9-10/h5-7,10H,8-9,17H2,1-4H3. The van der Waals surface area contributed by atoms with Gasteiger partial charge < -0.3 is 15.0 Å². The van der Waals surface area contributed by atoms with E-state index < -0.39 is 0 Å². The van der Waals surface area contributed by atoms with E-state index in [1.54, 1.807) is 0 Å². The highest BCUT2D eigenvalue weighted by Crippen LogP contribution is 2.43. The molecule has 1 saturated heterocycles. The van der Waals surface area contributed by atoms with E-state index in [-0.39, 0.29) is 18.3 Å². The van der Waals surface area contributed by atoms with Gasteiger partial charge in [0.2, 0.25) is 0 Å². The maximum Gasteiger partial charge on any atom is 0.495 e. The van der Waals surface area contributed by atoms with E-state index in [1.807, 2.05) is 12.1 Å². The zero-order valence-electron chi connectivity index (χ0n) is 12.2. The average Bonchev–Trinajstić information content (AvgIpc) is 3.07. The van der Waals surface area contributed by atoms with Gasteiger partial charge in [-0.15, -0.1) is 0 Å². The second-order valence-electron chi connectivity index (χ2n) is 6.71. The van der Waals surface area contributed by atoms with E-state index in [1.165, 1.54) is 18.4 Å². The van der Waals surface area contributed by atoms with Gasteiger partial charge in [0.25, 0.3) is 0 Å². The van der Waals surface area contributed by atoms with Gasteiger partial charge in [-0.1, -0.05) is 12.1 Å². The molecule has 1 aromatic rings. The second-order valence-corrected chi connectivity index (χ2v) is 6.71. The summed E-state index contributed by atoms with van der Waals surface area (Å²) in [6.45, 7) is 8.32. The molecule has 19 heavy (non-hydrogen) atoms. The number of anilines is 1. The first kappa shape index (κ1) is 13.0. The number of rotatable bonds is 2. The van der Waals surface area contributed by atoms with Gasteiger partial charge in [-0.2, -0.15) is 0 Å². The van der Waals surface area contributed by atoms with Crippen molar-refractivity contribution in [2.75, 3.05) is 5.73 Å². The molecule has 1 aliphatic carbocycles. The molecule has 3 rings (SSSR count). The predicted molar refractivity (Wildman–Crippen MR) is 78.5 cm³/mol. The number of nitrogen functional groups attached to an aromatic ring is 1. The number of nitrogens with two attached hydrogens (primary N) is 1. The summed E-state index contributed by atoms with van der Waals surface area (Å²) < 4.78 is 12.3. The van der Waals surface area contributed by atoms with Crippen molar-refractivity contribution in [3.63, 3.8) is 0 Å². The molecule has 0 unspecified atom stereocenters. The van der Waals surface area contributed by atoms with Crippen molar-refractivity contribution in [1.82, 2.24) is 0 Å². The molecule has 0 aromatic heterocycles. The Morgan fingerprint density at radius 3 is 2.21 bits per heavy atom. The Hall–Kier alpha value is -0.995. The van der Waals surface area contributed by atoms with Crippen LogP contribution >= 0.6 is 0 Å². The van der Waals surface area contributed by atoms with E-state index in [0.29, 0.717) is 5.92 Å². The quantitative estimate of drug-likeness (QED) is 0.655. The third-order valence-corrected chi connectivity index (χ3v) is 4.67. The molecule has 3 nitrogen and oxygen atoms in total. The van der Waals surface area contributed by atoms with Crippen LogP contribution in [-0.4, -0.2) is 18.3 Å². The molecule has 4 heteroatoms. The van der Waals surface area contributed by atoms with E-state index >= 15 is 0 Å². The molecule has 1 aromatic carbocycles. The molecule has 1 aliphatic heterocycles. The van der Waals surface area contributed by atoms with Crippen LogP contribution in [0.15, 0.2) is 18.2 Å². The lowest BCUT2D eigenvalue weighted by Gasteiger charge is -2.32. The van der Waals surface area contributed by atoms with Crippen LogP contribution in [-0.2, 0) is 9.31 Å². The molecule has 0 spiro atoms. The van der Waals surface area contributed by atoms with E-state index in [2.05, 4.69) is 33.8 Å². The average molecular weight is 259 g/mol. The van der Waals surface area contributed by atoms with Gasteiger partial charge in [0.1, 0.15) is 0 Å². The van der Waals surface area contributed by atoms with Crippen molar-refractivity contribution in [3.8, 4) is 0 Å². The topological polar surface area (TPSA) is 44.5 Å². The lowest BCUT2D eigenvalue weighted by Crippen LogP contribution is -2.41. The summed E-state index contributed by atoms with van der Waals surface area (Å²) in [7, 11) is -0.302. The van der Waals surface area contributed by atoms with Gasteiger partial charge >= 0.3 is 7.12 Å². The molecule has 1 saturated carbocycles. The summed E-state index contributed by atoms with van der Waals surface area (Å²) >= 11 is 0. The van der Waals surface area contributed by atoms with Crippen molar-refractivity contribution in [2.45, 2.75) is 57.7 Å². The minimum absolute atomic E-state index is 0.302. The van der Waals surface area contributed by atoms with Crippen molar-refractivity contribution in [3.05, 3.63) is 23.8 Å². The Bertz CT molecular complexity index is 493. The Kier molecular flexibility index (Phi) is 2.74. The fourth-order valence-electron chi connectivity index (χ4n) is 2.62. The Labute approximate surface area is 115 Å². The molecular weight excluding hydrogens is 237 g/mol. The summed E-state index contributed by atoms with van der Waals surface area (Å²) in [5.41, 5.74) is 8.77. The molecule has 0 bridgehead atoms. The van der Waals surface area contributed by atoms with Crippen LogP contribution in [0.25, 0.3) is 0 Å². The maximum atomic E-state index is 6.15. The minimum atomic E-state index is -0.302. The number of hydrogen-bond donors (Lipinski definition) is 1. The predicted octanol–water partition coefficient (Wildman–Crippen LogP) is 2.45. The summed E-state index contributed by atoms with van der Waals surface area (Å²) in [6, 6.07) is 6.05. The molecule has 102 valence electrons. The highest BCUT2D eigenvalue weighted by atomic mass is 16.7. The largest absolute Gasteiger partial charge is 0.495 e. The van der Waals surface area contributed by atoms with Crippen molar-refractivity contribution in [2.24, 2.45) is 0 Å². The number of hydrogen-bond acceptors (Lipinski definition) is 3. The summed E-state index contributed by atoms with van der Waals surface area (Å²) in [4.78, 5) is 0. The third-order valence-electron chi connectivity index (χ3n) is 4.67. The minimum Gasteiger partial charge on any atom is -0.399 e. The monoisotopic (exact) mass is 259 g/mol. The third kappa shape index (κ3) is 2.07. The van der Waals surface area contributed by atoms with E-state index in [4.69, 9.17) is 15.0 Å². The van der Waals surface area contributed by atoms with Crippen molar-refractivity contribution < 1.29 is 9.31 Å². The van der Waals surface area contributed by atoms with Crippen LogP contribution in [0.2, 0.25) is 0 Å². The summed E-state index contributed by atoms with van der Waals surface area (Å²) in [5, 5.41) is 0. The van der Waals surface area contributed by atoms with Crippen LogP contribution in [0.1, 0.15) is 52.0 Å². The Morgan fingerprint density at radius 1 is 1.11 bits per heavy atom. The van der Waals surface area contributed by atoms with Crippen molar-refractivity contribution in [1.29, 1.82) is 0 Å². The van der Waals surface area contributed by atoms with Crippen molar-refractivity contribution >= 4 is 18.3 Å². The normalized spacial score (nSPS) is 24.7. The maximum absolute atomic E-state index is 6.15. The lowest BCUT2D eigenvalue weighted by molar-refractivity contribution is 0.00578. The van der Waals surface area contributed by atoms with Gasteiger partial charge in [-0.05, 0) is 63.5 Å². The molecule has 1 heterocycles. The molecule has 2 N–H and O–H groups in total. The van der Waals surface area contributed by atoms with Crippen LogP contribution in [0, 0.1) is 0 Å². The van der Waals surface area contributed by atoms with Crippen LogP contribution in [0.5, 0.6) is 0 Å². The molecule has 2 fully saturated rings. The van der Waals surface area contributed by atoms with Crippen LogP contribution in [0.3, 0.4) is 0 Å². The summed E-state index contributed by atoms with van der Waals surface area (Å²) in [6.07, 6.45) is 2.45. The van der Waals surface area contributed by atoms with Gasteiger partial charge in [0.15, 0.2) is 0 Å². The first-order valence-corrected chi connectivity index (χ1v) is 7.06. The van der Waals surface area contributed by atoms with Gasteiger partial charge in [0.05, 0.1) is 11.2 Å². The van der Waals surface area contributed by atoms with Gasteiger partial charge in [-0.3, -0.25) is 0 Å².